The molecule has 0 heterocycles. The number of hydrogen-bond acceptors (Lipinski definition) is 2. The second-order valence-electron chi connectivity index (χ2n) is 4.86. The lowest BCUT2D eigenvalue weighted by Crippen LogP contribution is -2.23. The summed E-state index contributed by atoms with van der Waals surface area (Å²) in [6, 6.07) is 16.0. The van der Waals surface area contributed by atoms with Crippen molar-refractivity contribution in [2.24, 2.45) is 10.7 Å². The fraction of sp³-hybridized carbons (Fsp3) is 0.235. The Morgan fingerprint density at radius 2 is 1.95 bits per heavy atom. The van der Waals surface area contributed by atoms with E-state index in [1.54, 1.807) is 7.11 Å². The zero-order valence-corrected chi connectivity index (χ0v) is 12.5. The Bertz CT molecular complexity index is 606. The first-order chi connectivity index (χ1) is 10.2. The van der Waals surface area contributed by atoms with Crippen LogP contribution < -0.4 is 15.8 Å². The predicted octanol–water partition coefficient (Wildman–Crippen LogP) is 2.97. The highest BCUT2D eigenvalue weighted by molar-refractivity contribution is 5.92. The minimum atomic E-state index is 0.432. The third-order valence-electron chi connectivity index (χ3n) is 3.14. The van der Waals surface area contributed by atoms with Crippen LogP contribution in [-0.2, 0) is 6.42 Å². The van der Waals surface area contributed by atoms with Crippen LogP contribution in [0.1, 0.15) is 11.1 Å². The molecule has 0 aromatic heterocycles. The molecular weight excluding hydrogens is 262 g/mol. The predicted molar refractivity (Wildman–Crippen MR) is 88.0 cm³/mol. The number of hydrogen-bond donors (Lipinski definition) is 2. The Hall–Kier alpha value is -2.49. The van der Waals surface area contributed by atoms with E-state index < -0.39 is 0 Å². The van der Waals surface area contributed by atoms with Gasteiger partial charge in [-0.25, -0.2) is 0 Å². The number of nitrogens with two attached hydrogens (primary N) is 1. The van der Waals surface area contributed by atoms with E-state index in [9.17, 15) is 0 Å². The number of guanidine groups is 1. The Kier molecular flexibility index (Phi) is 5.21. The highest BCUT2D eigenvalue weighted by atomic mass is 16.5. The molecule has 21 heavy (non-hydrogen) atoms. The molecule has 3 N–H and O–H groups in total. The van der Waals surface area contributed by atoms with Crippen molar-refractivity contribution in [3.63, 3.8) is 0 Å². The average molecular weight is 283 g/mol. The van der Waals surface area contributed by atoms with Crippen LogP contribution in [0.5, 0.6) is 5.75 Å². The van der Waals surface area contributed by atoms with Crippen LogP contribution in [0.2, 0.25) is 0 Å². The Balaban J connectivity index is 1.86. The van der Waals surface area contributed by atoms with Gasteiger partial charge >= 0.3 is 0 Å². The number of benzene rings is 2. The molecule has 4 heteroatoms. The summed E-state index contributed by atoms with van der Waals surface area (Å²) in [6.07, 6.45) is 0.827. The summed E-state index contributed by atoms with van der Waals surface area (Å²) in [7, 11) is 1.67. The van der Waals surface area contributed by atoms with E-state index in [0.717, 1.165) is 17.9 Å². The van der Waals surface area contributed by atoms with Crippen molar-refractivity contribution in [1.29, 1.82) is 0 Å². The van der Waals surface area contributed by atoms with Crippen LogP contribution in [0.4, 0.5) is 5.69 Å². The lowest BCUT2D eigenvalue weighted by molar-refractivity contribution is 0.414. The Morgan fingerprint density at radius 1 is 1.19 bits per heavy atom. The van der Waals surface area contributed by atoms with Gasteiger partial charge < -0.3 is 15.8 Å². The maximum Gasteiger partial charge on any atom is 0.193 e. The molecule has 0 atom stereocenters. The monoisotopic (exact) mass is 283 g/mol. The van der Waals surface area contributed by atoms with Gasteiger partial charge in [-0.3, -0.25) is 4.99 Å². The first-order valence-electron chi connectivity index (χ1n) is 6.94. The van der Waals surface area contributed by atoms with Gasteiger partial charge in [-0.05, 0) is 43.2 Å². The van der Waals surface area contributed by atoms with Gasteiger partial charge in [0.2, 0.25) is 0 Å². The van der Waals surface area contributed by atoms with E-state index >= 15 is 0 Å². The minimum absolute atomic E-state index is 0.432. The summed E-state index contributed by atoms with van der Waals surface area (Å²) < 4.78 is 5.20. The van der Waals surface area contributed by atoms with Gasteiger partial charge in [-0.15, -0.1) is 0 Å². The average Bonchev–Trinajstić information content (AvgIpc) is 2.50. The van der Waals surface area contributed by atoms with Gasteiger partial charge in [-0.1, -0.05) is 29.8 Å². The van der Waals surface area contributed by atoms with Gasteiger partial charge in [0.05, 0.1) is 7.11 Å². The van der Waals surface area contributed by atoms with E-state index in [4.69, 9.17) is 10.5 Å². The summed E-state index contributed by atoms with van der Waals surface area (Å²) in [6.45, 7) is 2.69. The number of methoxy groups -OCH3 is 1. The fourth-order valence-electron chi connectivity index (χ4n) is 1.96. The van der Waals surface area contributed by atoms with Crippen LogP contribution >= 0.6 is 0 Å². The Morgan fingerprint density at radius 3 is 2.67 bits per heavy atom. The van der Waals surface area contributed by atoms with E-state index in [0.29, 0.717) is 12.5 Å². The zero-order chi connectivity index (χ0) is 15.1. The second kappa shape index (κ2) is 7.33. The third-order valence-corrected chi connectivity index (χ3v) is 3.14. The number of aliphatic imine (C=N–C) groups is 1. The molecule has 0 aliphatic carbocycles. The summed E-state index contributed by atoms with van der Waals surface area (Å²) in [4.78, 5) is 4.34. The third kappa shape index (κ3) is 4.84. The molecule has 0 unspecified atom stereocenters. The van der Waals surface area contributed by atoms with Crippen molar-refractivity contribution >= 4 is 11.6 Å². The van der Waals surface area contributed by atoms with Crippen molar-refractivity contribution in [1.82, 2.24) is 0 Å². The summed E-state index contributed by atoms with van der Waals surface area (Å²) in [5.74, 6) is 1.30. The Labute approximate surface area is 125 Å². The lowest BCUT2D eigenvalue weighted by Gasteiger charge is -2.06. The van der Waals surface area contributed by atoms with Gasteiger partial charge in [0.25, 0.3) is 0 Å². The molecular formula is C17H21N3O. The van der Waals surface area contributed by atoms with Crippen molar-refractivity contribution in [3.05, 3.63) is 59.7 Å². The van der Waals surface area contributed by atoms with Crippen LogP contribution in [-0.4, -0.2) is 19.6 Å². The minimum Gasteiger partial charge on any atom is -0.497 e. The number of nitrogens with one attached hydrogen (secondary N) is 1. The number of aryl methyl sites for hydroxylation is 1. The largest absolute Gasteiger partial charge is 0.497 e. The highest BCUT2D eigenvalue weighted by Gasteiger charge is 1.97. The van der Waals surface area contributed by atoms with Crippen molar-refractivity contribution in [3.8, 4) is 5.75 Å². The molecule has 0 spiro atoms. The number of ether oxygens (including phenoxy) is 1. The molecule has 0 aliphatic rings. The van der Waals surface area contributed by atoms with Crippen LogP contribution in [0, 0.1) is 6.92 Å². The summed E-state index contributed by atoms with van der Waals surface area (Å²) in [5, 5.41) is 3.08. The smallest absolute Gasteiger partial charge is 0.193 e. The van der Waals surface area contributed by atoms with Crippen LogP contribution in [0.25, 0.3) is 0 Å². The fourth-order valence-corrected chi connectivity index (χ4v) is 1.96. The van der Waals surface area contributed by atoms with Crippen LogP contribution in [0.15, 0.2) is 53.5 Å². The second-order valence-corrected chi connectivity index (χ2v) is 4.86. The summed E-state index contributed by atoms with van der Waals surface area (Å²) in [5.41, 5.74) is 9.22. The van der Waals surface area contributed by atoms with Crippen molar-refractivity contribution in [2.75, 3.05) is 19.0 Å². The zero-order valence-electron chi connectivity index (χ0n) is 12.5. The molecule has 0 bridgehead atoms. The van der Waals surface area contributed by atoms with E-state index in [1.807, 2.05) is 42.5 Å². The number of nitrogens with zero attached hydrogens (tertiary/aromatic N) is 1. The normalized spacial score (nSPS) is 11.2. The molecule has 0 amide bonds. The quantitative estimate of drug-likeness (QED) is 0.655. The standard InChI is InChI=1S/C17H21N3O/c1-13-6-8-15(9-7-13)20-17(18)19-11-10-14-4-3-5-16(12-14)21-2/h3-9,12H,10-11H2,1-2H3,(H3,18,19,20). The van der Waals surface area contributed by atoms with Crippen LogP contribution in [0.3, 0.4) is 0 Å². The molecule has 0 saturated heterocycles. The first kappa shape index (κ1) is 14.9. The maximum atomic E-state index is 5.88. The van der Waals surface area contributed by atoms with Gasteiger partial charge in [0.15, 0.2) is 5.96 Å². The molecule has 2 aromatic carbocycles. The summed E-state index contributed by atoms with van der Waals surface area (Å²) >= 11 is 0. The van der Waals surface area contributed by atoms with E-state index in [1.165, 1.54) is 11.1 Å². The molecule has 4 nitrogen and oxygen atoms in total. The molecule has 0 aliphatic heterocycles. The SMILES string of the molecule is COc1cccc(CCN=C(N)Nc2ccc(C)cc2)c1. The maximum absolute atomic E-state index is 5.88. The molecule has 2 aromatic rings. The van der Waals surface area contributed by atoms with Gasteiger partial charge in [-0.2, -0.15) is 0 Å². The molecule has 2 rings (SSSR count). The van der Waals surface area contributed by atoms with E-state index in [2.05, 4.69) is 23.3 Å². The number of anilines is 1. The van der Waals surface area contributed by atoms with Gasteiger partial charge in [0, 0.05) is 12.2 Å². The molecule has 0 fully saturated rings. The number of rotatable bonds is 5. The van der Waals surface area contributed by atoms with Gasteiger partial charge in [0.1, 0.15) is 5.75 Å². The topological polar surface area (TPSA) is 59.6 Å². The molecule has 0 radical (unpaired) electrons. The first-order valence-corrected chi connectivity index (χ1v) is 6.94. The lowest BCUT2D eigenvalue weighted by atomic mass is 10.1. The molecule has 0 saturated carbocycles. The van der Waals surface area contributed by atoms with E-state index in [-0.39, 0.29) is 0 Å². The van der Waals surface area contributed by atoms with Crippen molar-refractivity contribution < 1.29 is 4.74 Å². The molecule has 110 valence electrons. The van der Waals surface area contributed by atoms with Crippen molar-refractivity contribution in [2.45, 2.75) is 13.3 Å². The highest BCUT2D eigenvalue weighted by Crippen LogP contribution is 2.13.